The van der Waals surface area contributed by atoms with Crippen molar-refractivity contribution in [2.45, 2.75) is 38.6 Å². The molecule has 2 fully saturated rings. The number of thiocarbonyl (C=S) groups is 1. The van der Waals surface area contributed by atoms with Gasteiger partial charge in [0.25, 0.3) is 0 Å². The van der Waals surface area contributed by atoms with Crippen molar-refractivity contribution in [3.8, 4) is 0 Å². The monoisotopic (exact) mass is 557 g/mol. The van der Waals surface area contributed by atoms with Crippen LogP contribution in [0.1, 0.15) is 43.5 Å². The van der Waals surface area contributed by atoms with Gasteiger partial charge in [-0.3, -0.25) is 10.2 Å². The molecule has 1 atom stereocenters. The van der Waals surface area contributed by atoms with Crippen molar-refractivity contribution in [2.75, 3.05) is 38.1 Å². The number of hydrazone groups is 1. The van der Waals surface area contributed by atoms with Gasteiger partial charge in [-0.05, 0) is 38.4 Å². The van der Waals surface area contributed by atoms with E-state index in [9.17, 15) is 4.79 Å². The number of hydrogen-bond acceptors (Lipinski definition) is 11. The maximum Gasteiger partial charge on any atom is 0.236 e. The summed E-state index contributed by atoms with van der Waals surface area (Å²) in [7, 11) is 2.15. The number of likely N-dealkylation sites (N-methyl/N-ethyl adjacent to an activating group) is 1. The highest BCUT2D eigenvalue weighted by Gasteiger charge is 2.29. The van der Waals surface area contributed by atoms with Crippen molar-refractivity contribution in [1.29, 1.82) is 0 Å². The first kappa shape index (κ1) is 26.1. The number of carbonyl (C=O) groups is 1. The van der Waals surface area contributed by atoms with Gasteiger partial charge < -0.3 is 9.80 Å². The molecule has 1 saturated heterocycles. The maximum absolute atomic E-state index is 11.1. The highest BCUT2D eigenvalue weighted by molar-refractivity contribution is 7.82. The summed E-state index contributed by atoms with van der Waals surface area (Å²) in [6.45, 7) is 5.60. The molecule has 1 unspecified atom stereocenters. The molecule has 1 aromatic carbocycles. The number of carbonyl (C=O) groups excluding carboxylic acids is 1. The molecule has 1 amide bonds. The third-order valence-electron chi connectivity index (χ3n) is 7.46. The second-order valence-electron chi connectivity index (χ2n) is 10.3. The molecule has 4 heterocycles. The number of nitrogens with zero attached hydrogens (tertiary/aromatic N) is 9. The highest BCUT2D eigenvalue weighted by atomic mass is 32.1. The zero-order valence-corrected chi connectivity index (χ0v) is 23.4. The van der Waals surface area contributed by atoms with E-state index in [1.807, 2.05) is 35.1 Å². The maximum atomic E-state index is 11.1. The number of piperazine rings is 1. The molecular formula is C27H31N11OS. The van der Waals surface area contributed by atoms with Gasteiger partial charge in [0, 0.05) is 50.1 Å². The molecule has 1 aliphatic heterocycles. The summed E-state index contributed by atoms with van der Waals surface area (Å²) >= 11 is 5.68. The molecule has 4 aromatic rings. The molecule has 2 aliphatic rings. The summed E-state index contributed by atoms with van der Waals surface area (Å²) in [5, 5.41) is 10.3. The molecule has 1 saturated carbocycles. The molecule has 13 heteroatoms. The van der Waals surface area contributed by atoms with E-state index in [4.69, 9.17) is 27.3 Å². The number of aromatic nitrogens is 6. The molecule has 1 aliphatic carbocycles. The first-order valence-corrected chi connectivity index (χ1v) is 13.8. The third kappa shape index (κ3) is 5.34. The Labute approximate surface area is 236 Å². The van der Waals surface area contributed by atoms with Gasteiger partial charge in [0.05, 0.1) is 34.4 Å². The van der Waals surface area contributed by atoms with Crippen molar-refractivity contribution >= 4 is 56.6 Å². The molecule has 2 N–H and O–H groups in total. The Morgan fingerprint density at radius 2 is 1.93 bits per heavy atom. The van der Waals surface area contributed by atoms with E-state index in [1.54, 1.807) is 6.33 Å². The number of para-hydroxylation sites is 2. The minimum Gasteiger partial charge on any atom is -0.352 e. The van der Waals surface area contributed by atoms with Crippen LogP contribution in [0.25, 0.3) is 22.1 Å². The predicted molar refractivity (Wildman–Crippen MR) is 157 cm³/mol. The molecule has 0 spiro atoms. The first-order valence-electron chi connectivity index (χ1n) is 13.4. The van der Waals surface area contributed by atoms with E-state index in [1.165, 1.54) is 6.92 Å². The second kappa shape index (κ2) is 11.2. The fourth-order valence-corrected chi connectivity index (χ4v) is 5.67. The lowest BCUT2D eigenvalue weighted by Crippen LogP contribution is -2.45. The Balaban J connectivity index is 1.32. The highest BCUT2D eigenvalue weighted by Crippen LogP contribution is 2.34. The van der Waals surface area contributed by atoms with E-state index in [0.717, 1.165) is 82.4 Å². The van der Waals surface area contributed by atoms with Crippen LogP contribution >= 0.6 is 12.2 Å². The van der Waals surface area contributed by atoms with E-state index in [0.29, 0.717) is 19.4 Å². The van der Waals surface area contributed by atoms with Crippen molar-refractivity contribution in [3.05, 3.63) is 48.2 Å². The van der Waals surface area contributed by atoms with Gasteiger partial charge in [-0.15, -0.1) is 0 Å². The van der Waals surface area contributed by atoms with Crippen LogP contribution in [0, 0.1) is 0 Å². The summed E-state index contributed by atoms with van der Waals surface area (Å²) in [6.07, 6.45) is 5.53. The quantitative estimate of drug-likeness (QED) is 0.269. The van der Waals surface area contributed by atoms with Gasteiger partial charge in [0.15, 0.2) is 11.5 Å². The molecule has 0 radical (unpaired) electrons. The van der Waals surface area contributed by atoms with Crippen molar-refractivity contribution in [2.24, 2.45) is 5.10 Å². The normalized spacial score (nSPS) is 19.4. The number of hydrogen-bond donors (Lipinski definition) is 2. The van der Waals surface area contributed by atoms with Crippen molar-refractivity contribution in [1.82, 2.24) is 45.6 Å². The summed E-state index contributed by atoms with van der Waals surface area (Å²) in [4.78, 5) is 35.6. The summed E-state index contributed by atoms with van der Waals surface area (Å²) in [6, 6.07) is 7.99. The number of nitrogens with one attached hydrogen (secondary N) is 2. The zero-order chi connectivity index (χ0) is 27.6. The number of hydrazine groups is 1. The Morgan fingerprint density at radius 1 is 1.15 bits per heavy atom. The largest absolute Gasteiger partial charge is 0.352 e. The van der Waals surface area contributed by atoms with E-state index in [-0.39, 0.29) is 11.8 Å². The van der Waals surface area contributed by atoms with Gasteiger partial charge in [0.1, 0.15) is 12.0 Å². The van der Waals surface area contributed by atoms with Gasteiger partial charge in [-0.25, -0.2) is 30.2 Å². The van der Waals surface area contributed by atoms with E-state index in [2.05, 4.69) is 42.9 Å². The Kier molecular flexibility index (Phi) is 7.30. The van der Waals surface area contributed by atoms with Crippen LogP contribution in [0.3, 0.4) is 0 Å². The lowest BCUT2D eigenvalue weighted by molar-refractivity contribution is -0.119. The average Bonchev–Trinajstić information content (AvgIpc) is 3.32. The lowest BCUT2D eigenvalue weighted by atomic mass is 9.85. The number of anilines is 1. The van der Waals surface area contributed by atoms with Gasteiger partial charge in [-0.1, -0.05) is 24.4 Å². The number of benzene rings is 1. The zero-order valence-electron chi connectivity index (χ0n) is 22.5. The summed E-state index contributed by atoms with van der Waals surface area (Å²) < 4.78 is 1.93. The first-order chi connectivity index (χ1) is 19.5. The summed E-state index contributed by atoms with van der Waals surface area (Å²) in [5.74, 6) is 0.798. The molecule has 40 heavy (non-hydrogen) atoms. The van der Waals surface area contributed by atoms with Crippen molar-refractivity contribution in [3.63, 3.8) is 0 Å². The third-order valence-corrected chi connectivity index (χ3v) is 7.86. The Morgan fingerprint density at radius 3 is 2.67 bits per heavy atom. The van der Waals surface area contributed by atoms with E-state index < -0.39 is 0 Å². The fourth-order valence-electron chi connectivity index (χ4n) is 5.32. The van der Waals surface area contributed by atoms with Gasteiger partial charge >= 0.3 is 0 Å². The van der Waals surface area contributed by atoms with Crippen molar-refractivity contribution < 1.29 is 4.79 Å². The lowest BCUT2D eigenvalue weighted by Gasteiger charge is -2.34. The smallest absolute Gasteiger partial charge is 0.236 e. The molecular weight excluding hydrogens is 526 g/mol. The van der Waals surface area contributed by atoms with Crippen LogP contribution in [0.5, 0.6) is 0 Å². The molecule has 206 valence electrons. The minimum absolute atomic E-state index is 0.113. The minimum atomic E-state index is -0.215. The molecule has 0 bridgehead atoms. The molecule has 3 aromatic heterocycles. The standard InChI is InChI=1S/C27H31N11OS/c1-17(39)32-35-33-22-8-7-18(13-24(22)40)25-19-14-28-16-29-26(19)38(34-25)15-23-27(37-11-9-36(2)10-12-37)31-21-6-4-3-5-20(21)30-23/h3-6,14,16,18,35H,7-13,15H2,1-2H3,(H,32,39)/b33-22+. The number of rotatable bonds is 6. The van der Waals surface area contributed by atoms with Gasteiger partial charge in [-0.2, -0.15) is 10.2 Å². The number of amides is 1. The topological polar surface area (TPSA) is 129 Å². The number of fused-ring (bicyclic) bond motifs is 2. The SMILES string of the molecule is CC(=O)NN/N=C1\CCC(c2nn(Cc3nc4ccccc4nc3N3CCN(C)CC3)c3ncncc23)CC1=S. The van der Waals surface area contributed by atoms with E-state index >= 15 is 0 Å². The average molecular weight is 558 g/mol. The summed E-state index contributed by atoms with van der Waals surface area (Å²) in [5.41, 5.74) is 10.1. The van der Waals surface area contributed by atoms with Crippen LogP contribution < -0.4 is 15.9 Å². The Hall–Kier alpha value is -4.10. The van der Waals surface area contributed by atoms with Crippen LogP contribution in [0.4, 0.5) is 5.82 Å². The Bertz CT molecular complexity index is 1610. The van der Waals surface area contributed by atoms with Gasteiger partial charge in [0.2, 0.25) is 5.91 Å². The van der Waals surface area contributed by atoms with Crippen LogP contribution in [-0.4, -0.2) is 84.3 Å². The fraction of sp³-hybridized carbons (Fsp3) is 0.407. The second-order valence-corrected chi connectivity index (χ2v) is 10.8. The molecule has 6 rings (SSSR count). The van der Waals surface area contributed by atoms with Crippen LogP contribution in [0.2, 0.25) is 0 Å². The predicted octanol–water partition coefficient (Wildman–Crippen LogP) is 2.20. The molecule has 12 nitrogen and oxygen atoms in total. The van der Waals surface area contributed by atoms with Crippen LogP contribution in [-0.2, 0) is 11.3 Å². The van der Waals surface area contributed by atoms with Crippen LogP contribution in [0.15, 0.2) is 41.9 Å².